The standard InChI is InChI=1S/C12H21NO2/c1-14-12-7-3-2-5-10(13-12)9-11-6-4-8-15-11/h10-11H,2-9H2,1H3. The van der Waals surface area contributed by atoms with Gasteiger partial charge in [0.1, 0.15) is 0 Å². The monoisotopic (exact) mass is 211 g/mol. The van der Waals surface area contributed by atoms with E-state index in [0.717, 1.165) is 25.3 Å². The fourth-order valence-electron chi connectivity index (χ4n) is 2.45. The largest absolute Gasteiger partial charge is 0.484 e. The molecule has 2 rings (SSSR count). The van der Waals surface area contributed by atoms with Crippen molar-refractivity contribution in [2.45, 2.75) is 57.1 Å². The van der Waals surface area contributed by atoms with E-state index in [1.165, 1.54) is 32.1 Å². The van der Waals surface area contributed by atoms with Crippen LogP contribution < -0.4 is 0 Å². The van der Waals surface area contributed by atoms with Crippen molar-refractivity contribution in [1.82, 2.24) is 0 Å². The molecular formula is C12H21NO2. The molecule has 2 atom stereocenters. The molecule has 1 fully saturated rings. The summed E-state index contributed by atoms with van der Waals surface area (Å²) in [6, 6.07) is 0.436. The summed E-state index contributed by atoms with van der Waals surface area (Å²) in [6.45, 7) is 0.943. The first-order valence-corrected chi connectivity index (χ1v) is 6.11. The van der Waals surface area contributed by atoms with E-state index in [1.807, 2.05) is 0 Å². The highest BCUT2D eigenvalue weighted by molar-refractivity contribution is 5.76. The van der Waals surface area contributed by atoms with Gasteiger partial charge in [-0.3, -0.25) is 4.99 Å². The minimum Gasteiger partial charge on any atom is -0.484 e. The Balaban J connectivity index is 1.88. The van der Waals surface area contributed by atoms with Gasteiger partial charge in [0.2, 0.25) is 0 Å². The third kappa shape index (κ3) is 3.20. The zero-order chi connectivity index (χ0) is 10.5. The van der Waals surface area contributed by atoms with Crippen molar-refractivity contribution in [3.8, 4) is 0 Å². The van der Waals surface area contributed by atoms with E-state index in [2.05, 4.69) is 4.99 Å². The summed E-state index contributed by atoms with van der Waals surface area (Å²) in [7, 11) is 1.73. The van der Waals surface area contributed by atoms with Gasteiger partial charge >= 0.3 is 0 Å². The van der Waals surface area contributed by atoms with Gasteiger partial charge in [0.15, 0.2) is 5.90 Å². The Morgan fingerprint density at radius 1 is 1.33 bits per heavy atom. The molecule has 2 aliphatic heterocycles. The molecule has 0 aromatic rings. The number of ether oxygens (including phenoxy) is 2. The molecule has 2 heterocycles. The lowest BCUT2D eigenvalue weighted by Gasteiger charge is -2.15. The van der Waals surface area contributed by atoms with Crippen LogP contribution in [-0.4, -0.2) is 31.8 Å². The minimum atomic E-state index is 0.436. The summed E-state index contributed by atoms with van der Waals surface area (Å²) in [4.78, 5) is 4.67. The highest BCUT2D eigenvalue weighted by Crippen LogP contribution is 2.23. The quantitative estimate of drug-likeness (QED) is 0.702. The van der Waals surface area contributed by atoms with E-state index in [0.29, 0.717) is 12.1 Å². The van der Waals surface area contributed by atoms with Crippen LogP contribution in [0.2, 0.25) is 0 Å². The second kappa shape index (κ2) is 5.50. The lowest BCUT2D eigenvalue weighted by Crippen LogP contribution is -2.16. The molecule has 0 aromatic heterocycles. The van der Waals surface area contributed by atoms with Gasteiger partial charge in [0.05, 0.1) is 19.3 Å². The summed E-state index contributed by atoms with van der Waals surface area (Å²) in [5.41, 5.74) is 0. The molecule has 15 heavy (non-hydrogen) atoms. The van der Waals surface area contributed by atoms with Gasteiger partial charge in [-0.1, -0.05) is 6.42 Å². The molecule has 3 nitrogen and oxygen atoms in total. The van der Waals surface area contributed by atoms with Crippen LogP contribution in [0.3, 0.4) is 0 Å². The first-order chi connectivity index (χ1) is 7.38. The summed E-state index contributed by atoms with van der Waals surface area (Å²) in [6.07, 6.45) is 8.68. The topological polar surface area (TPSA) is 30.8 Å². The van der Waals surface area contributed by atoms with Crippen LogP contribution >= 0.6 is 0 Å². The summed E-state index contributed by atoms with van der Waals surface area (Å²) < 4.78 is 10.9. The van der Waals surface area contributed by atoms with Crippen molar-refractivity contribution in [2.24, 2.45) is 4.99 Å². The van der Waals surface area contributed by atoms with Gasteiger partial charge in [-0.05, 0) is 32.1 Å². The van der Waals surface area contributed by atoms with Crippen molar-refractivity contribution in [3.63, 3.8) is 0 Å². The summed E-state index contributed by atoms with van der Waals surface area (Å²) in [5.74, 6) is 0.940. The molecule has 1 saturated heterocycles. The zero-order valence-corrected chi connectivity index (χ0v) is 9.58. The molecule has 0 amide bonds. The first kappa shape index (κ1) is 10.9. The van der Waals surface area contributed by atoms with E-state index in [4.69, 9.17) is 9.47 Å². The molecular weight excluding hydrogens is 190 g/mol. The average Bonchev–Trinajstić information content (AvgIpc) is 2.64. The van der Waals surface area contributed by atoms with Gasteiger partial charge in [-0.25, -0.2) is 0 Å². The Morgan fingerprint density at radius 2 is 2.27 bits per heavy atom. The molecule has 0 N–H and O–H groups in total. The molecule has 0 spiro atoms. The Bertz CT molecular complexity index is 222. The fourth-order valence-corrected chi connectivity index (χ4v) is 2.45. The van der Waals surface area contributed by atoms with E-state index < -0.39 is 0 Å². The van der Waals surface area contributed by atoms with Crippen molar-refractivity contribution in [2.75, 3.05) is 13.7 Å². The van der Waals surface area contributed by atoms with Crippen LogP contribution in [0.25, 0.3) is 0 Å². The highest BCUT2D eigenvalue weighted by atomic mass is 16.5. The number of hydrogen-bond donors (Lipinski definition) is 0. The van der Waals surface area contributed by atoms with Crippen LogP contribution in [0.5, 0.6) is 0 Å². The Labute approximate surface area is 91.9 Å². The highest BCUT2D eigenvalue weighted by Gasteiger charge is 2.22. The molecule has 2 unspecified atom stereocenters. The maximum Gasteiger partial charge on any atom is 0.183 e. The number of rotatable bonds is 2. The smallest absolute Gasteiger partial charge is 0.183 e. The van der Waals surface area contributed by atoms with Gasteiger partial charge in [-0.2, -0.15) is 0 Å². The Morgan fingerprint density at radius 3 is 3.00 bits per heavy atom. The molecule has 0 aromatic carbocycles. The minimum absolute atomic E-state index is 0.436. The lowest BCUT2D eigenvalue weighted by atomic mass is 10.0. The molecule has 0 saturated carbocycles. The van der Waals surface area contributed by atoms with Crippen molar-refractivity contribution in [1.29, 1.82) is 0 Å². The maximum absolute atomic E-state index is 5.66. The third-order valence-electron chi connectivity index (χ3n) is 3.30. The molecule has 3 heteroatoms. The summed E-state index contributed by atoms with van der Waals surface area (Å²) in [5, 5.41) is 0. The van der Waals surface area contributed by atoms with Crippen molar-refractivity contribution < 1.29 is 9.47 Å². The van der Waals surface area contributed by atoms with Gasteiger partial charge in [-0.15, -0.1) is 0 Å². The Hall–Kier alpha value is -0.570. The van der Waals surface area contributed by atoms with Crippen LogP contribution in [0, 0.1) is 0 Å². The van der Waals surface area contributed by atoms with Crippen LogP contribution in [-0.2, 0) is 9.47 Å². The second-order valence-electron chi connectivity index (χ2n) is 4.50. The maximum atomic E-state index is 5.66. The third-order valence-corrected chi connectivity index (χ3v) is 3.30. The molecule has 86 valence electrons. The first-order valence-electron chi connectivity index (χ1n) is 6.11. The normalized spacial score (nSPS) is 32.2. The second-order valence-corrected chi connectivity index (χ2v) is 4.50. The zero-order valence-electron chi connectivity index (χ0n) is 9.58. The Kier molecular flexibility index (Phi) is 4.01. The predicted octanol–water partition coefficient (Wildman–Crippen LogP) is 2.54. The average molecular weight is 211 g/mol. The van der Waals surface area contributed by atoms with Gasteiger partial charge < -0.3 is 9.47 Å². The van der Waals surface area contributed by atoms with Crippen LogP contribution in [0.15, 0.2) is 4.99 Å². The fraction of sp³-hybridized carbons (Fsp3) is 0.917. The molecule has 2 aliphatic rings. The van der Waals surface area contributed by atoms with Gasteiger partial charge in [0.25, 0.3) is 0 Å². The number of hydrogen-bond acceptors (Lipinski definition) is 3. The van der Waals surface area contributed by atoms with E-state index in [1.54, 1.807) is 7.11 Å². The number of nitrogens with zero attached hydrogens (tertiary/aromatic N) is 1. The molecule has 0 radical (unpaired) electrons. The van der Waals surface area contributed by atoms with Crippen molar-refractivity contribution >= 4 is 5.90 Å². The van der Waals surface area contributed by atoms with E-state index in [9.17, 15) is 0 Å². The van der Waals surface area contributed by atoms with Crippen molar-refractivity contribution in [3.05, 3.63) is 0 Å². The van der Waals surface area contributed by atoms with Crippen LogP contribution in [0.1, 0.15) is 44.9 Å². The predicted molar refractivity (Wildman–Crippen MR) is 60.3 cm³/mol. The summed E-state index contributed by atoms with van der Waals surface area (Å²) >= 11 is 0. The SMILES string of the molecule is COC1=NC(CC2CCCO2)CCCC1. The number of aliphatic imine (C=N–C) groups is 1. The van der Waals surface area contributed by atoms with E-state index >= 15 is 0 Å². The molecule has 0 aliphatic carbocycles. The number of methoxy groups -OCH3 is 1. The van der Waals surface area contributed by atoms with E-state index in [-0.39, 0.29) is 0 Å². The molecule has 0 bridgehead atoms. The lowest BCUT2D eigenvalue weighted by molar-refractivity contribution is 0.0976. The van der Waals surface area contributed by atoms with Gasteiger partial charge in [0, 0.05) is 13.0 Å². The van der Waals surface area contributed by atoms with Crippen LogP contribution in [0.4, 0.5) is 0 Å².